The number of amides is 1. The topological polar surface area (TPSA) is 53.3 Å². The van der Waals surface area contributed by atoms with E-state index in [9.17, 15) is 9.18 Å². The summed E-state index contributed by atoms with van der Waals surface area (Å²) in [5.41, 5.74) is 2.66. The standard InChI is InChI=1S/C22H19FN2O2/c23-20-4-1-3-18(11-20)21(26)25-10-2-9-22(15-25)12-19(14-27-22)17-7-5-16(13-24)6-8-17/h1,3-8,11,14H,2,9-10,12,15H2. The second-order valence-corrected chi connectivity index (χ2v) is 7.15. The van der Waals surface area contributed by atoms with Crippen molar-refractivity contribution >= 4 is 11.5 Å². The fourth-order valence-corrected chi connectivity index (χ4v) is 3.87. The first kappa shape index (κ1) is 17.3. The highest BCUT2D eigenvalue weighted by molar-refractivity contribution is 5.94. The summed E-state index contributed by atoms with van der Waals surface area (Å²) in [5, 5.41) is 8.93. The fraction of sp³-hybridized carbons (Fsp3) is 0.273. The zero-order valence-electron chi connectivity index (χ0n) is 14.8. The molecule has 0 radical (unpaired) electrons. The monoisotopic (exact) mass is 362 g/mol. The van der Waals surface area contributed by atoms with Crippen molar-refractivity contribution in [3.8, 4) is 6.07 Å². The molecule has 5 heteroatoms. The lowest BCUT2D eigenvalue weighted by molar-refractivity contribution is -0.0190. The van der Waals surface area contributed by atoms with Crippen LogP contribution in [0.4, 0.5) is 4.39 Å². The number of likely N-dealkylation sites (tertiary alicyclic amines) is 1. The number of nitrogens with zero attached hydrogens (tertiary/aromatic N) is 2. The summed E-state index contributed by atoms with van der Waals surface area (Å²) in [4.78, 5) is 14.5. The van der Waals surface area contributed by atoms with E-state index in [4.69, 9.17) is 10.00 Å². The van der Waals surface area contributed by atoms with Crippen LogP contribution in [0.1, 0.15) is 40.7 Å². The van der Waals surface area contributed by atoms with E-state index in [1.807, 2.05) is 12.1 Å². The molecule has 0 saturated carbocycles. The molecule has 2 aliphatic heterocycles. The second kappa shape index (κ2) is 6.88. The molecule has 2 aromatic rings. The number of benzene rings is 2. The van der Waals surface area contributed by atoms with Crippen molar-refractivity contribution in [2.24, 2.45) is 0 Å². The molecule has 2 aromatic carbocycles. The Morgan fingerprint density at radius 1 is 1.22 bits per heavy atom. The highest BCUT2D eigenvalue weighted by Gasteiger charge is 2.42. The molecule has 136 valence electrons. The highest BCUT2D eigenvalue weighted by atomic mass is 19.1. The van der Waals surface area contributed by atoms with Crippen molar-refractivity contribution < 1.29 is 13.9 Å². The van der Waals surface area contributed by atoms with Gasteiger partial charge in [-0.3, -0.25) is 4.79 Å². The Morgan fingerprint density at radius 3 is 2.78 bits per heavy atom. The van der Waals surface area contributed by atoms with Crippen LogP contribution in [-0.4, -0.2) is 29.5 Å². The van der Waals surface area contributed by atoms with E-state index >= 15 is 0 Å². The highest BCUT2D eigenvalue weighted by Crippen LogP contribution is 2.40. The molecule has 2 heterocycles. The third-order valence-corrected chi connectivity index (χ3v) is 5.25. The molecular weight excluding hydrogens is 343 g/mol. The van der Waals surface area contributed by atoms with E-state index in [0.29, 0.717) is 30.6 Å². The van der Waals surface area contributed by atoms with Crippen LogP contribution in [0.15, 0.2) is 54.8 Å². The molecule has 0 N–H and O–H groups in total. The van der Waals surface area contributed by atoms with Crippen molar-refractivity contribution in [1.29, 1.82) is 5.26 Å². The first-order valence-electron chi connectivity index (χ1n) is 9.01. The van der Waals surface area contributed by atoms with Gasteiger partial charge < -0.3 is 9.64 Å². The summed E-state index contributed by atoms with van der Waals surface area (Å²) in [6, 6.07) is 15.4. The van der Waals surface area contributed by atoms with Gasteiger partial charge in [-0.1, -0.05) is 18.2 Å². The fourth-order valence-electron chi connectivity index (χ4n) is 3.87. The smallest absolute Gasteiger partial charge is 0.254 e. The summed E-state index contributed by atoms with van der Waals surface area (Å²) >= 11 is 0. The number of piperidine rings is 1. The normalized spacial score (nSPS) is 21.5. The lowest BCUT2D eigenvalue weighted by Gasteiger charge is -2.39. The van der Waals surface area contributed by atoms with E-state index in [2.05, 4.69) is 6.07 Å². The minimum absolute atomic E-state index is 0.163. The van der Waals surface area contributed by atoms with Crippen molar-refractivity contribution in [2.75, 3.05) is 13.1 Å². The summed E-state index contributed by atoms with van der Waals surface area (Å²) < 4.78 is 19.5. The number of ether oxygens (including phenoxy) is 1. The van der Waals surface area contributed by atoms with Gasteiger partial charge >= 0.3 is 0 Å². The largest absolute Gasteiger partial charge is 0.492 e. The number of hydrogen-bond acceptors (Lipinski definition) is 3. The van der Waals surface area contributed by atoms with Gasteiger partial charge in [0.05, 0.1) is 24.4 Å². The molecule has 1 saturated heterocycles. The van der Waals surface area contributed by atoms with Gasteiger partial charge in [0.2, 0.25) is 0 Å². The van der Waals surface area contributed by atoms with Gasteiger partial charge in [-0.15, -0.1) is 0 Å². The zero-order chi connectivity index (χ0) is 18.9. The Hall–Kier alpha value is -3.13. The lowest BCUT2D eigenvalue weighted by Crippen LogP contribution is -2.50. The molecule has 4 nitrogen and oxygen atoms in total. The van der Waals surface area contributed by atoms with Gasteiger partial charge in [-0.2, -0.15) is 5.26 Å². The van der Waals surface area contributed by atoms with Crippen LogP contribution < -0.4 is 0 Å². The van der Waals surface area contributed by atoms with Crippen molar-refractivity contribution in [1.82, 2.24) is 4.90 Å². The maximum atomic E-state index is 13.5. The van der Waals surface area contributed by atoms with E-state index in [1.165, 1.54) is 12.1 Å². The number of rotatable bonds is 2. The van der Waals surface area contributed by atoms with E-state index in [1.54, 1.807) is 35.4 Å². The molecule has 27 heavy (non-hydrogen) atoms. The summed E-state index contributed by atoms with van der Waals surface area (Å²) in [6.45, 7) is 1.13. The SMILES string of the molecule is N#Cc1ccc(C2=COC3(CCCN(C(=O)c4cccc(F)c4)C3)C2)cc1. The molecule has 1 atom stereocenters. The molecule has 0 aliphatic carbocycles. The Labute approximate surface area is 157 Å². The molecule has 1 unspecified atom stereocenters. The van der Waals surface area contributed by atoms with Crippen molar-refractivity contribution in [3.63, 3.8) is 0 Å². The van der Waals surface area contributed by atoms with Crippen LogP contribution in [0.3, 0.4) is 0 Å². The third-order valence-electron chi connectivity index (χ3n) is 5.25. The molecule has 0 bridgehead atoms. The van der Waals surface area contributed by atoms with Crippen molar-refractivity contribution in [2.45, 2.75) is 24.9 Å². The third kappa shape index (κ3) is 3.43. The van der Waals surface area contributed by atoms with Crippen molar-refractivity contribution in [3.05, 3.63) is 77.3 Å². The number of hydrogen-bond donors (Lipinski definition) is 0. The molecule has 1 fully saturated rings. The first-order chi connectivity index (χ1) is 13.1. The van der Waals surface area contributed by atoms with Crippen LogP contribution >= 0.6 is 0 Å². The maximum Gasteiger partial charge on any atom is 0.254 e. The van der Waals surface area contributed by atoms with Crippen LogP contribution in [0.5, 0.6) is 0 Å². The quantitative estimate of drug-likeness (QED) is 0.807. The second-order valence-electron chi connectivity index (χ2n) is 7.15. The van der Waals surface area contributed by atoms with Gasteiger partial charge in [0.25, 0.3) is 5.91 Å². The Kier molecular flexibility index (Phi) is 4.41. The predicted molar refractivity (Wildman–Crippen MR) is 99.1 cm³/mol. The molecular formula is C22H19FN2O2. The van der Waals surface area contributed by atoms with Gasteiger partial charge in [0.1, 0.15) is 11.4 Å². The molecule has 1 spiro atoms. The number of carbonyl (C=O) groups excluding carboxylic acids is 1. The number of halogens is 1. The average molecular weight is 362 g/mol. The zero-order valence-corrected chi connectivity index (χ0v) is 14.8. The molecule has 4 rings (SSSR count). The summed E-state index contributed by atoms with van der Waals surface area (Å²) in [6.07, 6.45) is 4.20. The molecule has 1 amide bonds. The van der Waals surface area contributed by atoms with Gasteiger partial charge in [0, 0.05) is 18.5 Å². The van der Waals surface area contributed by atoms with Crippen LogP contribution in [0, 0.1) is 17.1 Å². The maximum absolute atomic E-state index is 13.5. The van der Waals surface area contributed by atoms with Gasteiger partial charge in [-0.25, -0.2) is 4.39 Å². The van der Waals surface area contributed by atoms with E-state index in [-0.39, 0.29) is 5.91 Å². The van der Waals surface area contributed by atoms with Crippen LogP contribution in [0.2, 0.25) is 0 Å². The van der Waals surface area contributed by atoms with E-state index in [0.717, 1.165) is 24.0 Å². The van der Waals surface area contributed by atoms with E-state index < -0.39 is 11.4 Å². The number of nitriles is 1. The minimum Gasteiger partial charge on any atom is -0.492 e. The van der Waals surface area contributed by atoms with Gasteiger partial charge in [0.15, 0.2) is 0 Å². The minimum atomic E-state index is -0.426. The summed E-state index contributed by atoms with van der Waals surface area (Å²) in [5.74, 6) is -0.571. The Balaban J connectivity index is 1.48. The molecule has 0 aromatic heterocycles. The molecule has 2 aliphatic rings. The van der Waals surface area contributed by atoms with Gasteiger partial charge in [-0.05, 0) is 54.3 Å². The average Bonchev–Trinajstić information content (AvgIpc) is 3.10. The number of carbonyl (C=O) groups is 1. The first-order valence-corrected chi connectivity index (χ1v) is 9.01. The Morgan fingerprint density at radius 2 is 2.04 bits per heavy atom. The summed E-state index contributed by atoms with van der Waals surface area (Å²) in [7, 11) is 0. The Bertz CT molecular complexity index is 946. The van der Waals surface area contributed by atoms with Crippen LogP contribution in [0.25, 0.3) is 5.57 Å². The lowest BCUT2D eigenvalue weighted by atomic mass is 9.86. The van der Waals surface area contributed by atoms with Crippen LogP contribution in [-0.2, 0) is 4.74 Å². The predicted octanol–water partition coefficient (Wildman–Crippen LogP) is 4.13.